The predicted molar refractivity (Wildman–Crippen MR) is 82.6 cm³/mol. The number of nitrogens with one attached hydrogen (secondary N) is 1. The molecule has 0 aromatic heterocycles. The molecule has 0 aliphatic rings. The number of hydrogen-bond acceptors (Lipinski definition) is 2. The highest BCUT2D eigenvalue weighted by Crippen LogP contribution is 2.23. The number of unbranched alkanes of at least 4 members (excludes halogenated alkanes) is 1. The van der Waals surface area contributed by atoms with Crippen LogP contribution in [-0.4, -0.2) is 25.8 Å². The Bertz CT molecular complexity index is 387. The second kappa shape index (κ2) is 8.38. The van der Waals surface area contributed by atoms with Crippen molar-refractivity contribution in [3.05, 3.63) is 35.6 Å². The fourth-order valence-corrected chi connectivity index (χ4v) is 2.21. The quantitative estimate of drug-likeness (QED) is 0.724. The van der Waals surface area contributed by atoms with Gasteiger partial charge in [0.25, 0.3) is 0 Å². The van der Waals surface area contributed by atoms with Crippen molar-refractivity contribution in [3.63, 3.8) is 0 Å². The first-order chi connectivity index (χ1) is 9.42. The highest BCUT2D eigenvalue weighted by Gasteiger charge is 2.16. The molecule has 0 saturated carbocycles. The molecule has 0 fully saturated rings. The molecule has 114 valence electrons. The van der Waals surface area contributed by atoms with E-state index in [1.165, 1.54) is 6.07 Å². The third kappa shape index (κ3) is 7.01. The van der Waals surface area contributed by atoms with Crippen molar-refractivity contribution >= 4 is 0 Å². The minimum absolute atomic E-state index is 0.0815. The van der Waals surface area contributed by atoms with Crippen LogP contribution in [0.4, 0.5) is 4.39 Å². The van der Waals surface area contributed by atoms with Gasteiger partial charge in [0, 0.05) is 25.8 Å². The van der Waals surface area contributed by atoms with Gasteiger partial charge >= 0.3 is 0 Å². The van der Waals surface area contributed by atoms with E-state index in [-0.39, 0.29) is 11.4 Å². The Morgan fingerprint density at radius 3 is 2.60 bits per heavy atom. The molecule has 20 heavy (non-hydrogen) atoms. The Labute approximate surface area is 122 Å². The third-order valence-corrected chi connectivity index (χ3v) is 3.35. The van der Waals surface area contributed by atoms with Gasteiger partial charge in [-0.05, 0) is 57.2 Å². The van der Waals surface area contributed by atoms with E-state index >= 15 is 0 Å². The molecule has 1 unspecified atom stereocenters. The molecule has 1 aromatic rings. The maximum atomic E-state index is 13.4. The molecular weight excluding hydrogens is 253 g/mol. The van der Waals surface area contributed by atoms with Crippen molar-refractivity contribution in [3.8, 4) is 0 Å². The molecule has 1 atom stereocenters. The van der Waals surface area contributed by atoms with E-state index in [1.807, 2.05) is 6.07 Å². The average molecular weight is 281 g/mol. The first-order valence-electron chi connectivity index (χ1n) is 7.42. The van der Waals surface area contributed by atoms with Gasteiger partial charge in [-0.2, -0.15) is 0 Å². The third-order valence-electron chi connectivity index (χ3n) is 3.35. The van der Waals surface area contributed by atoms with Gasteiger partial charge in [-0.1, -0.05) is 18.6 Å². The van der Waals surface area contributed by atoms with Crippen LogP contribution in [0.3, 0.4) is 0 Å². The first kappa shape index (κ1) is 17.1. The minimum Gasteiger partial charge on any atom is -0.385 e. The van der Waals surface area contributed by atoms with Crippen molar-refractivity contribution < 1.29 is 9.13 Å². The lowest BCUT2D eigenvalue weighted by Crippen LogP contribution is -2.38. The Kier molecular flexibility index (Phi) is 7.17. The minimum atomic E-state index is -0.153. The summed E-state index contributed by atoms with van der Waals surface area (Å²) in [6, 6.07) is 6.98. The van der Waals surface area contributed by atoms with E-state index in [0.29, 0.717) is 5.92 Å². The van der Waals surface area contributed by atoms with E-state index in [1.54, 1.807) is 19.2 Å². The number of rotatable bonds is 8. The lowest BCUT2D eigenvalue weighted by atomic mass is 9.92. The molecule has 0 radical (unpaired) electrons. The molecule has 3 heteroatoms. The summed E-state index contributed by atoms with van der Waals surface area (Å²) in [5.41, 5.74) is 1.16. The van der Waals surface area contributed by atoms with Gasteiger partial charge in [-0.15, -0.1) is 0 Å². The van der Waals surface area contributed by atoms with Gasteiger partial charge in [0.15, 0.2) is 0 Å². The van der Waals surface area contributed by atoms with Crippen molar-refractivity contribution in [1.29, 1.82) is 0 Å². The molecule has 0 heterocycles. The lowest BCUT2D eigenvalue weighted by molar-refractivity contribution is 0.191. The standard InChI is InChI=1S/C17H28FNO/c1-17(2,3)19-13-15(8-5-6-11-20-4)14-9-7-10-16(18)12-14/h7,9-10,12,15,19H,5-6,8,11,13H2,1-4H3. The normalized spacial score (nSPS) is 13.4. The Morgan fingerprint density at radius 2 is 2.00 bits per heavy atom. The number of methoxy groups -OCH3 is 1. The van der Waals surface area contributed by atoms with Crippen LogP contribution in [0.5, 0.6) is 0 Å². The highest BCUT2D eigenvalue weighted by atomic mass is 19.1. The molecule has 1 rings (SSSR count). The predicted octanol–water partition coefficient (Wildman–Crippen LogP) is 4.11. The molecule has 1 aromatic carbocycles. The van der Waals surface area contributed by atoms with Crippen LogP contribution in [0.15, 0.2) is 24.3 Å². The Morgan fingerprint density at radius 1 is 1.25 bits per heavy atom. The number of benzene rings is 1. The summed E-state index contributed by atoms with van der Waals surface area (Å²) in [7, 11) is 1.73. The summed E-state index contributed by atoms with van der Waals surface area (Å²) < 4.78 is 18.5. The number of ether oxygens (including phenoxy) is 1. The van der Waals surface area contributed by atoms with E-state index in [0.717, 1.165) is 38.0 Å². The SMILES string of the molecule is COCCCCC(CNC(C)(C)C)c1cccc(F)c1. The summed E-state index contributed by atoms with van der Waals surface area (Å²) in [4.78, 5) is 0. The lowest BCUT2D eigenvalue weighted by Gasteiger charge is -2.25. The smallest absolute Gasteiger partial charge is 0.123 e. The highest BCUT2D eigenvalue weighted by molar-refractivity contribution is 5.21. The molecular formula is C17H28FNO. The van der Waals surface area contributed by atoms with Gasteiger partial charge < -0.3 is 10.1 Å². The molecule has 0 spiro atoms. The van der Waals surface area contributed by atoms with Crippen LogP contribution in [0.25, 0.3) is 0 Å². The maximum Gasteiger partial charge on any atom is 0.123 e. The van der Waals surface area contributed by atoms with Crippen molar-refractivity contribution in [1.82, 2.24) is 5.32 Å². The fourth-order valence-electron chi connectivity index (χ4n) is 2.21. The number of halogens is 1. The topological polar surface area (TPSA) is 21.3 Å². The summed E-state index contributed by atoms with van der Waals surface area (Å²) in [6.45, 7) is 8.13. The van der Waals surface area contributed by atoms with Crippen LogP contribution in [0, 0.1) is 5.82 Å². The van der Waals surface area contributed by atoms with Gasteiger partial charge in [-0.25, -0.2) is 4.39 Å². The van der Waals surface area contributed by atoms with Gasteiger partial charge in [0.05, 0.1) is 0 Å². The zero-order chi connectivity index (χ0) is 15.0. The summed E-state index contributed by atoms with van der Waals surface area (Å²) in [5.74, 6) is 0.196. The molecule has 0 amide bonds. The summed E-state index contributed by atoms with van der Waals surface area (Å²) >= 11 is 0. The summed E-state index contributed by atoms with van der Waals surface area (Å²) in [5, 5.41) is 3.53. The van der Waals surface area contributed by atoms with Crippen molar-refractivity contribution in [2.24, 2.45) is 0 Å². The van der Waals surface area contributed by atoms with E-state index in [4.69, 9.17) is 4.74 Å². The van der Waals surface area contributed by atoms with Crippen LogP contribution >= 0.6 is 0 Å². The fraction of sp³-hybridized carbons (Fsp3) is 0.647. The van der Waals surface area contributed by atoms with Crippen LogP contribution in [0.1, 0.15) is 51.5 Å². The Hall–Kier alpha value is -0.930. The van der Waals surface area contributed by atoms with E-state index < -0.39 is 0 Å². The molecule has 2 nitrogen and oxygen atoms in total. The molecule has 0 aliphatic heterocycles. The average Bonchev–Trinajstić information content (AvgIpc) is 2.36. The second-order valence-electron chi connectivity index (χ2n) is 6.37. The van der Waals surface area contributed by atoms with Crippen LogP contribution in [-0.2, 0) is 4.74 Å². The summed E-state index contributed by atoms with van der Waals surface area (Å²) in [6.07, 6.45) is 3.20. The van der Waals surface area contributed by atoms with E-state index in [9.17, 15) is 4.39 Å². The van der Waals surface area contributed by atoms with Crippen molar-refractivity contribution in [2.45, 2.75) is 51.5 Å². The molecule has 0 saturated heterocycles. The van der Waals surface area contributed by atoms with Crippen LogP contribution in [0.2, 0.25) is 0 Å². The van der Waals surface area contributed by atoms with E-state index in [2.05, 4.69) is 26.1 Å². The largest absolute Gasteiger partial charge is 0.385 e. The zero-order valence-electron chi connectivity index (χ0n) is 13.2. The molecule has 1 N–H and O–H groups in total. The maximum absolute atomic E-state index is 13.4. The Balaban J connectivity index is 2.63. The first-order valence-corrected chi connectivity index (χ1v) is 7.42. The van der Waals surface area contributed by atoms with Crippen molar-refractivity contribution in [2.75, 3.05) is 20.3 Å². The van der Waals surface area contributed by atoms with Gasteiger partial charge in [0.2, 0.25) is 0 Å². The second-order valence-corrected chi connectivity index (χ2v) is 6.37. The molecule has 0 bridgehead atoms. The zero-order valence-corrected chi connectivity index (χ0v) is 13.2. The molecule has 0 aliphatic carbocycles. The monoisotopic (exact) mass is 281 g/mol. The van der Waals surface area contributed by atoms with Gasteiger partial charge in [0.1, 0.15) is 5.82 Å². The van der Waals surface area contributed by atoms with Gasteiger partial charge in [-0.3, -0.25) is 0 Å². The van der Waals surface area contributed by atoms with Crippen LogP contribution < -0.4 is 5.32 Å². The number of hydrogen-bond donors (Lipinski definition) is 1.